The van der Waals surface area contributed by atoms with Crippen molar-refractivity contribution in [3.8, 4) is 0 Å². The lowest BCUT2D eigenvalue weighted by atomic mass is 10.0. The average molecular weight is 216 g/mol. The molecule has 1 aromatic rings. The van der Waals surface area contributed by atoms with E-state index < -0.39 is 0 Å². The molecular formula is C12H16N4. The van der Waals surface area contributed by atoms with Gasteiger partial charge in [-0.1, -0.05) is 0 Å². The largest absolute Gasteiger partial charge is 0.368 e. The average Bonchev–Trinajstić information content (AvgIpc) is 2.70. The first kappa shape index (κ1) is 8.79. The molecule has 4 rings (SSSR count). The van der Waals surface area contributed by atoms with Crippen molar-refractivity contribution in [2.45, 2.75) is 25.3 Å². The zero-order valence-electron chi connectivity index (χ0n) is 9.13. The number of hydrogen-bond acceptors (Lipinski definition) is 4. The number of nitrogens with two attached hydrogens (primary N) is 1. The fourth-order valence-electron chi connectivity index (χ4n) is 4.14. The first-order chi connectivity index (χ1) is 7.83. The quantitative estimate of drug-likeness (QED) is 0.786. The number of aromatic nitrogens is 2. The zero-order chi connectivity index (χ0) is 10.7. The smallest absolute Gasteiger partial charge is 0.221 e. The van der Waals surface area contributed by atoms with Crippen molar-refractivity contribution in [1.82, 2.24) is 9.97 Å². The summed E-state index contributed by atoms with van der Waals surface area (Å²) < 4.78 is 0. The number of rotatable bonds is 2. The summed E-state index contributed by atoms with van der Waals surface area (Å²) in [5.74, 6) is 5.09. The number of hydrogen-bond donors (Lipinski definition) is 2. The summed E-state index contributed by atoms with van der Waals surface area (Å²) >= 11 is 0. The van der Waals surface area contributed by atoms with Crippen LogP contribution in [-0.2, 0) is 0 Å². The van der Waals surface area contributed by atoms with E-state index in [1.807, 2.05) is 6.07 Å². The van der Waals surface area contributed by atoms with Crippen LogP contribution in [0.1, 0.15) is 19.3 Å². The first-order valence-electron chi connectivity index (χ1n) is 6.18. The molecule has 4 atom stereocenters. The van der Waals surface area contributed by atoms with Gasteiger partial charge in [0.05, 0.1) is 0 Å². The van der Waals surface area contributed by atoms with E-state index in [2.05, 4.69) is 15.3 Å². The molecule has 4 unspecified atom stereocenters. The summed E-state index contributed by atoms with van der Waals surface area (Å²) in [6.45, 7) is 0. The van der Waals surface area contributed by atoms with Gasteiger partial charge in [-0.25, -0.2) is 4.98 Å². The molecule has 0 radical (unpaired) electrons. The van der Waals surface area contributed by atoms with Gasteiger partial charge in [0.1, 0.15) is 5.82 Å². The highest BCUT2D eigenvalue weighted by atomic mass is 15.1. The van der Waals surface area contributed by atoms with E-state index in [1.54, 1.807) is 6.20 Å². The van der Waals surface area contributed by atoms with Gasteiger partial charge in [0.15, 0.2) is 0 Å². The molecule has 0 aliphatic heterocycles. The van der Waals surface area contributed by atoms with Gasteiger partial charge in [-0.2, -0.15) is 4.98 Å². The molecule has 1 heterocycles. The van der Waals surface area contributed by atoms with Gasteiger partial charge in [0, 0.05) is 12.2 Å². The molecule has 0 aromatic carbocycles. The Morgan fingerprint density at radius 1 is 1.25 bits per heavy atom. The number of nitrogen functional groups attached to an aromatic ring is 1. The van der Waals surface area contributed by atoms with Crippen LogP contribution in [0.15, 0.2) is 12.3 Å². The fraction of sp³-hybridized carbons (Fsp3) is 0.667. The van der Waals surface area contributed by atoms with Crippen LogP contribution >= 0.6 is 0 Å². The van der Waals surface area contributed by atoms with Crippen LogP contribution in [0.4, 0.5) is 11.8 Å². The Morgan fingerprint density at radius 2 is 2.00 bits per heavy atom. The molecule has 3 N–H and O–H groups in total. The molecule has 84 valence electrons. The maximum atomic E-state index is 5.58. The fourth-order valence-corrected chi connectivity index (χ4v) is 4.14. The molecule has 4 heteroatoms. The number of nitrogens with one attached hydrogen (secondary N) is 1. The van der Waals surface area contributed by atoms with Crippen molar-refractivity contribution in [2.24, 2.45) is 23.7 Å². The predicted molar refractivity (Wildman–Crippen MR) is 61.7 cm³/mol. The van der Waals surface area contributed by atoms with Crippen molar-refractivity contribution in [3.63, 3.8) is 0 Å². The first-order valence-corrected chi connectivity index (χ1v) is 6.18. The maximum absolute atomic E-state index is 5.58. The van der Waals surface area contributed by atoms with Gasteiger partial charge in [-0.3, -0.25) is 0 Å². The Morgan fingerprint density at radius 3 is 2.69 bits per heavy atom. The molecule has 3 saturated carbocycles. The van der Waals surface area contributed by atoms with E-state index >= 15 is 0 Å². The van der Waals surface area contributed by atoms with Gasteiger partial charge in [-0.15, -0.1) is 0 Å². The molecule has 0 saturated heterocycles. The van der Waals surface area contributed by atoms with Crippen molar-refractivity contribution in [3.05, 3.63) is 12.3 Å². The normalized spacial score (nSPS) is 43.1. The van der Waals surface area contributed by atoms with Crippen molar-refractivity contribution in [1.29, 1.82) is 0 Å². The molecule has 3 aliphatic carbocycles. The Hall–Kier alpha value is -1.32. The van der Waals surface area contributed by atoms with Gasteiger partial charge < -0.3 is 11.1 Å². The van der Waals surface area contributed by atoms with Crippen LogP contribution in [0, 0.1) is 23.7 Å². The molecule has 0 spiro atoms. The second-order valence-corrected chi connectivity index (χ2v) is 5.46. The Kier molecular flexibility index (Phi) is 1.58. The highest BCUT2D eigenvalue weighted by Crippen LogP contribution is 2.66. The SMILES string of the molecule is Nc1nccc(NC2C3C4CCC(C4)C23)n1. The van der Waals surface area contributed by atoms with Gasteiger partial charge >= 0.3 is 0 Å². The van der Waals surface area contributed by atoms with Crippen LogP contribution in [-0.4, -0.2) is 16.0 Å². The monoisotopic (exact) mass is 216 g/mol. The predicted octanol–water partition coefficient (Wildman–Crippen LogP) is 1.52. The third kappa shape index (κ3) is 1.10. The van der Waals surface area contributed by atoms with E-state index in [1.165, 1.54) is 19.3 Å². The topological polar surface area (TPSA) is 63.8 Å². The van der Waals surface area contributed by atoms with Crippen molar-refractivity contribution in [2.75, 3.05) is 11.1 Å². The third-order valence-electron chi connectivity index (χ3n) is 4.72. The molecule has 3 aliphatic rings. The van der Waals surface area contributed by atoms with Crippen LogP contribution in [0.25, 0.3) is 0 Å². The summed E-state index contributed by atoms with van der Waals surface area (Å²) in [6, 6.07) is 2.58. The molecule has 16 heavy (non-hydrogen) atoms. The van der Waals surface area contributed by atoms with E-state index in [4.69, 9.17) is 5.73 Å². The second-order valence-electron chi connectivity index (χ2n) is 5.46. The van der Waals surface area contributed by atoms with Crippen LogP contribution in [0.5, 0.6) is 0 Å². The molecule has 2 bridgehead atoms. The summed E-state index contributed by atoms with van der Waals surface area (Å²) in [7, 11) is 0. The molecule has 0 amide bonds. The Bertz CT molecular complexity index is 417. The maximum Gasteiger partial charge on any atom is 0.221 e. The van der Waals surface area contributed by atoms with Crippen LogP contribution < -0.4 is 11.1 Å². The number of anilines is 2. The van der Waals surface area contributed by atoms with Crippen LogP contribution in [0.3, 0.4) is 0 Å². The summed E-state index contributed by atoms with van der Waals surface area (Å²) in [6.07, 6.45) is 6.11. The zero-order valence-corrected chi connectivity index (χ0v) is 9.13. The number of fused-ring (bicyclic) bond motifs is 5. The molecule has 4 nitrogen and oxygen atoms in total. The van der Waals surface area contributed by atoms with E-state index in [-0.39, 0.29) is 0 Å². The van der Waals surface area contributed by atoms with Gasteiger partial charge in [-0.05, 0) is 49.0 Å². The Balaban J connectivity index is 1.51. The standard InChI is InChI=1S/C12H16N4/c13-12-14-4-3-8(16-12)15-11-9-6-1-2-7(5-6)10(9)11/h3-4,6-7,9-11H,1-2,5H2,(H3,13,14,15,16). The van der Waals surface area contributed by atoms with Crippen LogP contribution in [0.2, 0.25) is 0 Å². The van der Waals surface area contributed by atoms with E-state index in [0.717, 1.165) is 29.5 Å². The molecular weight excluding hydrogens is 200 g/mol. The molecule has 3 fully saturated rings. The molecule has 1 aromatic heterocycles. The highest BCUT2D eigenvalue weighted by Gasteiger charge is 2.65. The second kappa shape index (κ2) is 2.87. The van der Waals surface area contributed by atoms with Gasteiger partial charge in [0.2, 0.25) is 5.95 Å². The van der Waals surface area contributed by atoms with E-state index in [0.29, 0.717) is 12.0 Å². The minimum absolute atomic E-state index is 0.360. The van der Waals surface area contributed by atoms with E-state index in [9.17, 15) is 0 Å². The number of nitrogens with zero attached hydrogens (tertiary/aromatic N) is 2. The summed E-state index contributed by atoms with van der Waals surface area (Å²) in [5.41, 5.74) is 5.58. The lowest BCUT2D eigenvalue weighted by Crippen LogP contribution is -2.14. The minimum Gasteiger partial charge on any atom is -0.368 e. The van der Waals surface area contributed by atoms with Crippen molar-refractivity contribution >= 4 is 11.8 Å². The van der Waals surface area contributed by atoms with Gasteiger partial charge in [0.25, 0.3) is 0 Å². The summed E-state index contributed by atoms with van der Waals surface area (Å²) in [5, 5.41) is 3.53. The third-order valence-corrected chi connectivity index (χ3v) is 4.72. The Labute approximate surface area is 94.7 Å². The highest BCUT2D eigenvalue weighted by molar-refractivity contribution is 5.42. The lowest BCUT2D eigenvalue weighted by Gasteiger charge is -2.10. The lowest BCUT2D eigenvalue weighted by molar-refractivity contribution is 0.456. The van der Waals surface area contributed by atoms with Crippen molar-refractivity contribution < 1.29 is 0 Å². The summed E-state index contributed by atoms with van der Waals surface area (Å²) in [4.78, 5) is 8.12. The minimum atomic E-state index is 0.360.